The van der Waals surface area contributed by atoms with Crippen molar-refractivity contribution in [1.82, 2.24) is 0 Å². The maximum absolute atomic E-state index is 12.4. The summed E-state index contributed by atoms with van der Waals surface area (Å²) in [6.07, 6.45) is -0.416. The highest BCUT2D eigenvalue weighted by atomic mass is 35.5. The van der Waals surface area contributed by atoms with Crippen LogP contribution in [0.2, 0.25) is 5.02 Å². The Morgan fingerprint density at radius 3 is 2.17 bits per heavy atom. The number of hydrogen-bond acceptors (Lipinski definition) is 3. The van der Waals surface area contributed by atoms with Crippen LogP contribution >= 0.6 is 11.6 Å². The summed E-state index contributed by atoms with van der Waals surface area (Å²) in [5.74, 6) is 0.0580. The van der Waals surface area contributed by atoms with E-state index in [9.17, 15) is 9.59 Å². The summed E-state index contributed by atoms with van der Waals surface area (Å²) in [6, 6.07) is 21.7. The van der Waals surface area contributed by atoms with Crippen LogP contribution in [0, 0.1) is 6.92 Å². The van der Waals surface area contributed by atoms with E-state index in [1.807, 2.05) is 31.2 Å². The molecule has 0 heterocycles. The Kier molecular flexibility index (Phi) is 7.09. The Hall–Kier alpha value is -3.31. The molecule has 2 amide bonds. The first-order valence-electron chi connectivity index (χ1n) is 9.59. The Morgan fingerprint density at radius 2 is 1.50 bits per heavy atom. The van der Waals surface area contributed by atoms with Crippen molar-refractivity contribution < 1.29 is 14.3 Å². The molecule has 3 aromatic rings. The molecule has 0 aliphatic carbocycles. The lowest BCUT2D eigenvalue weighted by molar-refractivity contribution is -0.122. The number of carbonyl (C=O) groups excluding carboxylic acids is 2. The molecular weight excluding hydrogens is 400 g/mol. The molecule has 0 bridgehead atoms. The first kappa shape index (κ1) is 21.4. The zero-order chi connectivity index (χ0) is 21.5. The van der Waals surface area contributed by atoms with Gasteiger partial charge in [-0.05, 0) is 61.4 Å². The van der Waals surface area contributed by atoms with Gasteiger partial charge in [-0.15, -0.1) is 0 Å². The highest BCUT2D eigenvalue weighted by molar-refractivity contribution is 6.32. The van der Waals surface area contributed by atoms with Gasteiger partial charge in [0.25, 0.3) is 5.91 Å². The maximum atomic E-state index is 12.4. The van der Waals surface area contributed by atoms with Crippen LogP contribution in [0.15, 0.2) is 72.8 Å². The molecule has 3 aromatic carbocycles. The average molecular weight is 423 g/mol. The minimum absolute atomic E-state index is 0.0946. The average Bonchev–Trinajstić information content (AvgIpc) is 2.73. The lowest BCUT2D eigenvalue weighted by Crippen LogP contribution is -2.30. The fourth-order valence-electron chi connectivity index (χ4n) is 2.85. The molecule has 2 N–H and O–H groups in total. The third kappa shape index (κ3) is 5.84. The monoisotopic (exact) mass is 422 g/mol. The second-order valence-electron chi connectivity index (χ2n) is 6.91. The minimum Gasteiger partial charge on any atom is -0.479 e. The van der Waals surface area contributed by atoms with E-state index >= 15 is 0 Å². The van der Waals surface area contributed by atoms with Gasteiger partial charge in [0.05, 0.1) is 11.4 Å². The molecule has 0 saturated carbocycles. The zero-order valence-electron chi connectivity index (χ0n) is 16.8. The Labute approximate surface area is 181 Å². The van der Waals surface area contributed by atoms with Gasteiger partial charge in [-0.2, -0.15) is 0 Å². The lowest BCUT2D eigenvalue weighted by atomic mass is 10.1. The number of halogens is 1. The molecule has 30 heavy (non-hydrogen) atoms. The summed E-state index contributed by atoms with van der Waals surface area (Å²) < 4.78 is 5.62. The second-order valence-corrected chi connectivity index (χ2v) is 7.32. The van der Waals surface area contributed by atoms with E-state index < -0.39 is 6.10 Å². The van der Waals surface area contributed by atoms with Crippen LogP contribution in [0.5, 0.6) is 5.75 Å². The SMILES string of the molecule is Cc1ccccc1CC(=O)Nc1ccc(NC(=O)C(C)Oc2ccccc2Cl)cc1. The number of rotatable bonds is 7. The first-order valence-corrected chi connectivity index (χ1v) is 9.96. The van der Waals surface area contributed by atoms with Crippen LogP contribution in [-0.4, -0.2) is 17.9 Å². The summed E-state index contributed by atoms with van der Waals surface area (Å²) in [5, 5.41) is 6.11. The van der Waals surface area contributed by atoms with E-state index in [0.29, 0.717) is 28.6 Å². The third-order valence-corrected chi connectivity index (χ3v) is 4.87. The van der Waals surface area contributed by atoms with Crippen LogP contribution in [-0.2, 0) is 16.0 Å². The number of anilines is 2. The van der Waals surface area contributed by atoms with E-state index in [-0.39, 0.29) is 11.8 Å². The van der Waals surface area contributed by atoms with Crippen molar-refractivity contribution in [2.75, 3.05) is 10.6 Å². The first-order chi connectivity index (χ1) is 14.4. The largest absolute Gasteiger partial charge is 0.479 e. The Bertz CT molecular complexity index is 1030. The lowest BCUT2D eigenvalue weighted by Gasteiger charge is -2.16. The van der Waals surface area contributed by atoms with E-state index in [2.05, 4.69) is 10.6 Å². The third-order valence-electron chi connectivity index (χ3n) is 4.56. The van der Waals surface area contributed by atoms with Gasteiger partial charge in [0, 0.05) is 11.4 Å². The van der Waals surface area contributed by atoms with Crippen molar-refractivity contribution in [3.05, 3.63) is 88.9 Å². The maximum Gasteiger partial charge on any atom is 0.265 e. The van der Waals surface area contributed by atoms with Gasteiger partial charge in [0.15, 0.2) is 6.10 Å². The van der Waals surface area contributed by atoms with Gasteiger partial charge in [-0.3, -0.25) is 9.59 Å². The number of nitrogens with one attached hydrogen (secondary N) is 2. The Morgan fingerprint density at radius 1 is 0.900 bits per heavy atom. The molecule has 0 saturated heterocycles. The number of hydrogen-bond donors (Lipinski definition) is 2. The number of ether oxygens (including phenoxy) is 1. The molecular formula is C24H23ClN2O3. The summed E-state index contributed by atoms with van der Waals surface area (Å²) in [5.41, 5.74) is 3.34. The van der Waals surface area contributed by atoms with Crippen LogP contribution in [0.3, 0.4) is 0 Å². The molecule has 0 aliphatic rings. The molecule has 3 rings (SSSR count). The normalized spacial score (nSPS) is 11.4. The van der Waals surface area contributed by atoms with Crippen LogP contribution in [0.25, 0.3) is 0 Å². The zero-order valence-corrected chi connectivity index (χ0v) is 17.6. The fourth-order valence-corrected chi connectivity index (χ4v) is 3.03. The highest BCUT2D eigenvalue weighted by Crippen LogP contribution is 2.24. The molecule has 154 valence electrons. The van der Waals surface area contributed by atoms with Crippen molar-refractivity contribution in [2.45, 2.75) is 26.4 Å². The van der Waals surface area contributed by atoms with E-state index in [1.54, 1.807) is 55.5 Å². The fraction of sp³-hybridized carbons (Fsp3) is 0.167. The summed E-state index contributed by atoms with van der Waals surface area (Å²) in [6.45, 7) is 3.63. The summed E-state index contributed by atoms with van der Waals surface area (Å²) in [4.78, 5) is 24.7. The number of para-hydroxylation sites is 1. The number of aryl methyl sites for hydroxylation is 1. The predicted octanol–water partition coefficient (Wildman–Crippen LogP) is 5.24. The van der Waals surface area contributed by atoms with Gasteiger partial charge >= 0.3 is 0 Å². The topological polar surface area (TPSA) is 67.4 Å². The molecule has 0 aliphatic heterocycles. The Balaban J connectivity index is 1.53. The van der Waals surface area contributed by atoms with Gasteiger partial charge in [0.2, 0.25) is 5.91 Å². The summed E-state index contributed by atoms with van der Waals surface area (Å²) >= 11 is 6.06. The van der Waals surface area contributed by atoms with Crippen molar-refractivity contribution >= 4 is 34.8 Å². The van der Waals surface area contributed by atoms with Crippen molar-refractivity contribution in [1.29, 1.82) is 0 Å². The molecule has 1 unspecified atom stereocenters. The van der Waals surface area contributed by atoms with Crippen LogP contribution in [0.1, 0.15) is 18.1 Å². The van der Waals surface area contributed by atoms with Crippen molar-refractivity contribution in [2.24, 2.45) is 0 Å². The predicted molar refractivity (Wildman–Crippen MR) is 120 cm³/mol. The summed E-state index contributed by atoms with van der Waals surface area (Å²) in [7, 11) is 0. The van der Waals surface area contributed by atoms with Gasteiger partial charge in [-0.1, -0.05) is 48.0 Å². The van der Waals surface area contributed by atoms with E-state index in [1.165, 1.54) is 0 Å². The van der Waals surface area contributed by atoms with Crippen LogP contribution < -0.4 is 15.4 Å². The van der Waals surface area contributed by atoms with E-state index in [0.717, 1.165) is 11.1 Å². The van der Waals surface area contributed by atoms with Crippen molar-refractivity contribution in [3.8, 4) is 5.75 Å². The van der Waals surface area contributed by atoms with Gasteiger partial charge < -0.3 is 15.4 Å². The van der Waals surface area contributed by atoms with Gasteiger partial charge in [-0.25, -0.2) is 0 Å². The smallest absolute Gasteiger partial charge is 0.265 e. The molecule has 5 nitrogen and oxygen atoms in total. The van der Waals surface area contributed by atoms with Crippen LogP contribution in [0.4, 0.5) is 11.4 Å². The molecule has 0 radical (unpaired) electrons. The molecule has 0 fully saturated rings. The molecule has 0 spiro atoms. The molecule has 1 atom stereocenters. The molecule has 0 aromatic heterocycles. The number of carbonyl (C=O) groups is 2. The highest BCUT2D eigenvalue weighted by Gasteiger charge is 2.16. The number of amides is 2. The second kappa shape index (κ2) is 9.94. The quantitative estimate of drug-likeness (QED) is 0.547. The standard InChI is InChI=1S/C24H23ClN2O3/c1-16-7-3-4-8-18(16)15-23(28)26-19-11-13-20(14-12-19)27-24(29)17(2)30-22-10-6-5-9-21(22)25/h3-14,17H,15H2,1-2H3,(H,26,28)(H,27,29). The van der Waals surface area contributed by atoms with Crippen molar-refractivity contribution in [3.63, 3.8) is 0 Å². The minimum atomic E-state index is -0.724. The van der Waals surface area contributed by atoms with E-state index in [4.69, 9.17) is 16.3 Å². The molecule has 6 heteroatoms. The van der Waals surface area contributed by atoms with Gasteiger partial charge in [0.1, 0.15) is 5.75 Å². The number of benzene rings is 3.